The van der Waals surface area contributed by atoms with E-state index in [9.17, 15) is 0 Å². The summed E-state index contributed by atoms with van der Waals surface area (Å²) in [4.78, 5) is 12.7. The molecule has 2 atom stereocenters. The maximum atomic E-state index is 6.35. The normalized spacial score (nSPS) is 26.2. The Morgan fingerprint density at radius 1 is 1.07 bits per heavy atom. The minimum atomic E-state index is 0.326. The molecule has 2 fully saturated rings. The molecule has 1 aliphatic heterocycles. The number of hydrogen-bond acceptors (Lipinski definition) is 4. The van der Waals surface area contributed by atoms with Crippen LogP contribution in [0.3, 0.4) is 0 Å². The summed E-state index contributed by atoms with van der Waals surface area (Å²) in [5, 5.41) is 4.35. The van der Waals surface area contributed by atoms with Crippen molar-refractivity contribution in [2.75, 3.05) is 11.4 Å². The van der Waals surface area contributed by atoms with Gasteiger partial charge in [0.25, 0.3) is 0 Å². The lowest BCUT2D eigenvalue weighted by molar-refractivity contribution is 0.136. The van der Waals surface area contributed by atoms with Crippen LogP contribution in [0.5, 0.6) is 0 Å². The van der Waals surface area contributed by atoms with Crippen LogP contribution in [-0.4, -0.2) is 22.6 Å². The Kier molecular flexibility index (Phi) is 4.21. The lowest BCUT2D eigenvalue weighted by Crippen LogP contribution is -2.35. The van der Waals surface area contributed by atoms with Gasteiger partial charge in [-0.3, -0.25) is 0 Å². The molecule has 1 aromatic carbocycles. The fourth-order valence-electron chi connectivity index (χ4n) is 5.66. The zero-order valence-corrected chi connectivity index (χ0v) is 18.6. The average molecular weight is 432 g/mol. The zero-order valence-electron chi connectivity index (χ0n) is 16.3. The number of benzene rings is 1. The molecule has 0 amide bonds. The first-order valence-corrected chi connectivity index (χ1v) is 11.3. The van der Waals surface area contributed by atoms with Crippen LogP contribution in [-0.2, 0) is 0 Å². The van der Waals surface area contributed by atoms with Gasteiger partial charge in [-0.25, -0.2) is 4.98 Å². The van der Waals surface area contributed by atoms with E-state index in [1.54, 1.807) is 11.3 Å². The summed E-state index contributed by atoms with van der Waals surface area (Å²) in [6.45, 7) is 8.24. The first kappa shape index (κ1) is 18.7. The van der Waals surface area contributed by atoms with Crippen LogP contribution >= 0.6 is 34.5 Å². The molecule has 6 heteroatoms. The predicted octanol–water partition coefficient (Wildman–Crippen LogP) is 7.07. The van der Waals surface area contributed by atoms with Crippen molar-refractivity contribution in [3.63, 3.8) is 0 Å². The van der Waals surface area contributed by atoms with Gasteiger partial charge in [-0.1, -0.05) is 44.5 Å². The van der Waals surface area contributed by atoms with E-state index in [2.05, 4.69) is 48.2 Å². The maximum absolute atomic E-state index is 6.35. The van der Waals surface area contributed by atoms with E-state index in [1.165, 1.54) is 19.3 Å². The smallest absolute Gasteiger partial charge is 0.225 e. The molecule has 1 saturated carbocycles. The Bertz CT molecular complexity index is 1060. The molecule has 0 spiro atoms. The van der Waals surface area contributed by atoms with Crippen LogP contribution < -0.4 is 4.90 Å². The summed E-state index contributed by atoms with van der Waals surface area (Å²) in [6, 6.07) is 8.50. The van der Waals surface area contributed by atoms with Gasteiger partial charge in [-0.2, -0.15) is 4.98 Å². The minimum Gasteiger partial charge on any atom is -0.352 e. The molecular formula is C22H23Cl2N3S. The standard InChI is InChI=1S/C22H23Cl2N3S/c1-21(2)8-15-9-22(3,11-21)12-27(15)18-17-16(13-4-6-14(23)7-5-13)10-28-19(17)26-20(24)25-18/h4-7,10,15H,8-9,11-12H2,1-3H3. The third-order valence-electron chi connectivity index (χ3n) is 6.23. The highest BCUT2D eigenvalue weighted by Crippen LogP contribution is 2.54. The van der Waals surface area contributed by atoms with E-state index in [0.717, 1.165) is 38.7 Å². The van der Waals surface area contributed by atoms with Crippen molar-refractivity contribution in [1.29, 1.82) is 0 Å². The molecule has 2 bridgehead atoms. The Balaban J connectivity index is 1.67. The van der Waals surface area contributed by atoms with Crippen molar-refractivity contribution in [2.24, 2.45) is 10.8 Å². The lowest BCUT2D eigenvalue weighted by atomic mass is 9.65. The number of fused-ring (bicyclic) bond motifs is 3. The highest BCUT2D eigenvalue weighted by Gasteiger charge is 2.50. The maximum Gasteiger partial charge on any atom is 0.225 e. The predicted molar refractivity (Wildman–Crippen MR) is 120 cm³/mol. The van der Waals surface area contributed by atoms with Gasteiger partial charge >= 0.3 is 0 Å². The molecule has 1 aliphatic carbocycles. The minimum absolute atomic E-state index is 0.326. The first-order valence-electron chi connectivity index (χ1n) is 9.70. The molecular weight excluding hydrogens is 409 g/mol. The van der Waals surface area contributed by atoms with Gasteiger partial charge in [-0.05, 0) is 59.4 Å². The van der Waals surface area contributed by atoms with Gasteiger partial charge in [0, 0.05) is 28.6 Å². The van der Waals surface area contributed by atoms with E-state index in [-0.39, 0.29) is 0 Å². The summed E-state index contributed by atoms with van der Waals surface area (Å²) in [7, 11) is 0. The molecule has 2 aliphatic rings. The van der Waals surface area contributed by atoms with Crippen LogP contribution in [0, 0.1) is 10.8 Å². The summed E-state index contributed by atoms with van der Waals surface area (Å²) in [5.41, 5.74) is 2.98. The van der Waals surface area contributed by atoms with Crippen LogP contribution in [0.4, 0.5) is 5.82 Å². The first-order chi connectivity index (χ1) is 13.2. The second-order valence-electron chi connectivity index (χ2n) is 9.49. The molecule has 2 aromatic heterocycles. The Hall–Kier alpha value is -1.36. The van der Waals surface area contributed by atoms with Crippen molar-refractivity contribution in [3.05, 3.63) is 40.0 Å². The number of nitrogens with zero attached hydrogens (tertiary/aromatic N) is 3. The van der Waals surface area contributed by atoms with Gasteiger partial charge in [-0.15, -0.1) is 11.3 Å². The van der Waals surface area contributed by atoms with Gasteiger partial charge in [0.2, 0.25) is 5.28 Å². The molecule has 3 aromatic rings. The average Bonchev–Trinajstić information content (AvgIpc) is 3.12. The number of halogens is 2. The van der Waals surface area contributed by atoms with E-state index in [1.807, 2.05) is 12.1 Å². The summed E-state index contributed by atoms with van der Waals surface area (Å²) < 4.78 is 0. The number of aromatic nitrogens is 2. The highest BCUT2D eigenvalue weighted by molar-refractivity contribution is 7.17. The van der Waals surface area contributed by atoms with E-state index in [4.69, 9.17) is 28.2 Å². The van der Waals surface area contributed by atoms with Crippen LogP contribution in [0.25, 0.3) is 21.3 Å². The Labute approximate surface area is 179 Å². The summed E-state index contributed by atoms with van der Waals surface area (Å²) in [6.07, 6.45) is 3.66. The second-order valence-corrected chi connectivity index (χ2v) is 11.1. The van der Waals surface area contributed by atoms with Gasteiger partial charge in [0.15, 0.2) is 0 Å². The monoisotopic (exact) mass is 431 g/mol. The highest BCUT2D eigenvalue weighted by atomic mass is 35.5. The summed E-state index contributed by atoms with van der Waals surface area (Å²) in [5.74, 6) is 0.993. The number of anilines is 1. The third kappa shape index (κ3) is 3.10. The number of rotatable bonds is 2. The number of thiophene rings is 1. The molecule has 0 radical (unpaired) electrons. The molecule has 1 saturated heterocycles. The van der Waals surface area contributed by atoms with Crippen LogP contribution in [0.15, 0.2) is 29.6 Å². The van der Waals surface area contributed by atoms with E-state index in [0.29, 0.717) is 22.2 Å². The van der Waals surface area contributed by atoms with Gasteiger partial charge in [0.1, 0.15) is 10.6 Å². The lowest BCUT2D eigenvalue weighted by Gasteiger charge is -2.39. The zero-order chi connectivity index (χ0) is 19.7. The third-order valence-corrected chi connectivity index (χ3v) is 7.52. The molecule has 28 heavy (non-hydrogen) atoms. The quantitative estimate of drug-likeness (QED) is 0.406. The van der Waals surface area contributed by atoms with Crippen molar-refractivity contribution in [3.8, 4) is 11.1 Å². The van der Waals surface area contributed by atoms with E-state index >= 15 is 0 Å². The molecule has 5 rings (SSSR count). The molecule has 0 N–H and O–H groups in total. The second kappa shape index (κ2) is 6.32. The fourth-order valence-corrected chi connectivity index (χ4v) is 6.94. The Morgan fingerprint density at radius 3 is 2.57 bits per heavy atom. The van der Waals surface area contributed by atoms with Crippen LogP contribution in [0.1, 0.15) is 40.0 Å². The topological polar surface area (TPSA) is 29.0 Å². The van der Waals surface area contributed by atoms with Gasteiger partial charge < -0.3 is 4.90 Å². The molecule has 2 unspecified atom stereocenters. The number of hydrogen-bond donors (Lipinski definition) is 0. The largest absolute Gasteiger partial charge is 0.352 e. The summed E-state index contributed by atoms with van der Waals surface area (Å²) >= 11 is 14.1. The Morgan fingerprint density at radius 2 is 1.82 bits per heavy atom. The molecule has 3 heterocycles. The van der Waals surface area contributed by atoms with Crippen molar-refractivity contribution in [1.82, 2.24) is 9.97 Å². The molecule has 146 valence electrons. The van der Waals surface area contributed by atoms with E-state index < -0.39 is 0 Å². The van der Waals surface area contributed by atoms with Gasteiger partial charge in [0.05, 0.1) is 5.39 Å². The molecule has 3 nitrogen and oxygen atoms in total. The van der Waals surface area contributed by atoms with Crippen molar-refractivity contribution < 1.29 is 0 Å². The van der Waals surface area contributed by atoms with Crippen molar-refractivity contribution in [2.45, 2.75) is 46.1 Å². The van der Waals surface area contributed by atoms with Crippen LogP contribution in [0.2, 0.25) is 10.3 Å². The van der Waals surface area contributed by atoms with Crippen molar-refractivity contribution >= 4 is 50.6 Å². The SMILES string of the molecule is CC1(C)CC2CC(C)(CN2c2nc(Cl)nc3scc(-c4ccc(Cl)cc4)c23)C1. The fraction of sp³-hybridized carbons (Fsp3) is 0.455.